The van der Waals surface area contributed by atoms with Crippen molar-refractivity contribution in [1.29, 1.82) is 0 Å². The zero-order valence-corrected chi connectivity index (χ0v) is 18.5. The van der Waals surface area contributed by atoms with Crippen LogP contribution in [-0.2, 0) is 7.05 Å². The van der Waals surface area contributed by atoms with Crippen LogP contribution in [0.5, 0.6) is 0 Å². The van der Waals surface area contributed by atoms with Gasteiger partial charge in [0.05, 0.1) is 16.6 Å². The first-order valence-corrected chi connectivity index (χ1v) is 10.3. The summed E-state index contributed by atoms with van der Waals surface area (Å²) >= 11 is 4.04. The van der Waals surface area contributed by atoms with Crippen molar-refractivity contribution >= 4 is 35.1 Å². The summed E-state index contributed by atoms with van der Waals surface area (Å²) in [6, 6.07) is 0. The summed E-state index contributed by atoms with van der Waals surface area (Å²) < 4.78 is 1.75. The molecule has 2 heterocycles. The van der Waals surface area contributed by atoms with E-state index < -0.39 is 0 Å². The van der Waals surface area contributed by atoms with E-state index in [2.05, 4.69) is 67.8 Å². The second kappa shape index (κ2) is 9.63. The zero-order chi connectivity index (χ0) is 21.7. The van der Waals surface area contributed by atoms with Crippen LogP contribution in [-0.4, -0.2) is 19.7 Å². The molecule has 1 aliphatic carbocycles. The van der Waals surface area contributed by atoms with Gasteiger partial charge in [0.2, 0.25) is 0 Å². The molecule has 0 spiro atoms. The van der Waals surface area contributed by atoms with Crippen LogP contribution in [0.2, 0.25) is 0 Å². The van der Waals surface area contributed by atoms with Gasteiger partial charge in [-0.15, -0.1) is 12.6 Å². The molecule has 0 unspecified atom stereocenters. The maximum Gasteiger partial charge on any atom is 0.163 e. The minimum Gasteiger partial charge on any atom is -0.394 e. The molecule has 7 heteroatoms. The van der Waals surface area contributed by atoms with Crippen molar-refractivity contribution in [2.45, 2.75) is 26.7 Å². The van der Waals surface area contributed by atoms with Gasteiger partial charge in [-0.25, -0.2) is 9.97 Å². The number of aromatic nitrogens is 4. The molecule has 0 atom stereocenters. The number of hydrogen-bond donors (Lipinski definition) is 3. The topological polar surface area (TPSA) is 81.7 Å². The SMILES string of the molecule is C=C(/C=C/C=C(/N)S)Nc1nc(C2=CC=C(CC(C)C)CC=C2)nc2c1cnn2C. The summed E-state index contributed by atoms with van der Waals surface area (Å²) in [7, 11) is 1.87. The van der Waals surface area contributed by atoms with Crippen LogP contribution >= 0.6 is 12.6 Å². The van der Waals surface area contributed by atoms with E-state index in [1.165, 1.54) is 5.57 Å². The van der Waals surface area contributed by atoms with Gasteiger partial charge in [-0.1, -0.05) is 56.4 Å². The molecule has 3 rings (SSSR count). The quantitative estimate of drug-likeness (QED) is 0.439. The van der Waals surface area contributed by atoms with E-state index >= 15 is 0 Å². The molecule has 30 heavy (non-hydrogen) atoms. The lowest BCUT2D eigenvalue weighted by molar-refractivity contribution is 0.635. The molecule has 0 saturated carbocycles. The van der Waals surface area contributed by atoms with Crippen LogP contribution in [0, 0.1) is 5.92 Å². The Balaban J connectivity index is 1.97. The molecule has 1 aliphatic rings. The second-order valence-electron chi connectivity index (χ2n) is 7.65. The second-order valence-corrected chi connectivity index (χ2v) is 8.17. The molecule has 0 fully saturated rings. The number of nitrogens with two attached hydrogens (primary N) is 1. The first kappa shape index (κ1) is 21.6. The van der Waals surface area contributed by atoms with E-state index in [4.69, 9.17) is 15.7 Å². The summed E-state index contributed by atoms with van der Waals surface area (Å²) in [5, 5.41) is 8.85. The average Bonchev–Trinajstić information content (AvgIpc) is 2.89. The summed E-state index contributed by atoms with van der Waals surface area (Å²) in [5.41, 5.74) is 9.33. The number of fused-ring (bicyclic) bond motifs is 1. The number of thiol groups is 1. The standard InChI is InChI=1S/C23H28N6S/c1-15(2)13-17-8-6-9-18(12-11-17)21-27-22(19-14-25-29(4)23(19)28-21)26-16(3)7-5-10-20(24)30/h5-7,9-12,14-15,30H,3,8,13,24H2,1-2,4H3,(H,26,27,28)/b7-5+,20-10-. The molecule has 2 aromatic rings. The Morgan fingerprint density at radius 3 is 2.90 bits per heavy atom. The molecule has 3 N–H and O–H groups in total. The van der Waals surface area contributed by atoms with Crippen molar-refractivity contribution in [1.82, 2.24) is 19.7 Å². The first-order valence-electron chi connectivity index (χ1n) is 9.88. The lowest BCUT2D eigenvalue weighted by atomic mass is 10.0. The van der Waals surface area contributed by atoms with Crippen LogP contribution in [0.3, 0.4) is 0 Å². The maximum absolute atomic E-state index is 5.53. The largest absolute Gasteiger partial charge is 0.394 e. The smallest absolute Gasteiger partial charge is 0.163 e. The van der Waals surface area contributed by atoms with Crippen LogP contribution in [0.15, 0.2) is 71.6 Å². The molecule has 0 amide bonds. The number of nitrogens with one attached hydrogen (secondary N) is 1. The van der Waals surface area contributed by atoms with E-state index in [0.717, 1.165) is 29.4 Å². The maximum atomic E-state index is 5.53. The van der Waals surface area contributed by atoms with Crippen molar-refractivity contribution in [3.63, 3.8) is 0 Å². The molecule has 156 valence electrons. The van der Waals surface area contributed by atoms with E-state index in [1.54, 1.807) is 29.1 Å². The van der Waals surface area contributed by atoms with Gasteiger partial charge < -0.3 is 11.1 Å². The fourth-order valence-electron chi connectivity index (χ4n) is 3.20. The molecule has 6 nitrogen and oxygen atoms in total. The van der Waals surface area contributed by atoms with Crippen molar-refractivity contribution in [2.24, 2.45) is 18.7 Å². The Hall–Kier alpha value is -3.06. The van der Waals surface area contributed by atoms with Gasteiger partial charge in [-0.3, -0.25) is 4.68 Å². The van der Waals surface area contributed by atoms with Crippen LogP contribution < -0.4 is 11.1 Å². The van der Waals surface area contributed by atoms with Gasteiger partial charge in [-0.2, -0.15) is 5.10 Å². The van der Waals surface area contributed by atoms with Gasteiger partial charge in [-0.05, 0) is 30.9 Å². The van der Waals surface area contributed by atoms with Gasteiger partial charge in [0, 0.05) is 18.3 Å². The summed E-state index contributed by atoms with van der Waals surface area (Å²) in [5.74, 6) is 1.93. The van der Waals surface area contributed by atoms with Gasteiger partial charge in [0.25, 0.3) is 0 Å². The summed E-state index contributed by atoms with van der Waals surface area (Å²) in [6.07, 6.45) is 17.6. The van der Waals surface area contributed by atoms with Gasteiger partial charge in [0.15, 0.2) is 11.5 Å². The highest BCUT2D eigenvalue weighted by Gasteiger charge is 2.14. The van der Waals surface area contributed by atoms with Crippen molar-refractivity contribution in [2.75, 3.05) is 5.32 Å². The number of rotatable bonds is 7. The van der Waals surface area contributed by atoms with E-state index in [-0.39, 0.29) is 0 Å². The Morgan fingerprint density at radius 2 is 2.17 bits per heavy atom. The predicted octanol–water partition coefficient (Wildman–Crippen LogP) is 4.89. The third-order valence-corrected chi connectivity index (χ3v) is 4.69. The lowest BCUT2D eigenvalue weighted by Gasteiger charge is -2.09. The summed E-state index contributed by atoms with van der Waals surface area (Å²) in [4.78, 5) is 9.53. The molecule has 0 aliphatic heterocycles. The van der Waals surface area contributed by atoms with Crippen molar-refractivity contribution in [3.8, 4) is 0 Å². The molecule has 2 aromatic heterocycles. The minimum atomic E-state index is 0.426. The van der Waals surface area contributed by atoms with Crippen molar-refractivity contribution in [3.05, 3.63) is 77.4 Å². The van der Waals surface area contributed by atoms with E-state index in [9.17, 15) is 0 Å². The Kier molecular flexibility index (Phi) is 6.95. The first-order chi connectivity index (χ1) is 14.3. The van der Waals surface area contributed by atoms with Crippen LogP contribution in [0.1, 0.15) is 32.5 Å². The number of aryl methyl sites for hydroxylation is 1. The zero-order valence-electron chi connectivity index (χ0n) is 17.6. The Morgan fingerprint density at radius 1 is 1.37 bits per heavy atom. The van der Waals surface area contributed by atoms with Gasteiger partial charge in [0.1, 0.15) is 5.82 Å². The van der Waals surface area contributed by atoms with Crippen molar-refractivity contribution < 1.29 is 0 Å². The monoisotopic (exact) mass is 420 g/mol. The Bertz CT molecular complexity index is 1090. The third kappa shape index (κ3) is 5.51. The molecule has 0 saturated heterocycles. The summed E-state index contributed by atoms with van der Waals surface area (Å²) in [6.45, 7) is 8.51. The molecular formula is C23H28N6S. The highest BCUT2D eigenvalue weighted by molar-refractivity contribution is 7.84. The van der Waals surface area contributed by atoms with Crippen LogP contribution in [0.4, 0.5) is 5.82 Å². The third-order valence-electron chi connectivity index (χ3n) is 4.54. The predicted molar refractivity (Wildman–Crippen MR) is 129 cm³/mol. The average molecular weight is 421 g/mol. The normalized spacial score (nSPS) is 14.9. The minimum absolute atomic E-state index is 0.426. The van der Waals surface area contributed by atoms with Crippen LogP contribution in [0.25, 0.3) is 16.6 Å². The number of hydrogen-bond acceptors (Lipinski definition) is 6. The highest BCUT2D eigenvalue weighted by atomic mass is 32.1. The van der Waals surface area contributed by atoms with E-state index in [0.29, 0.717) is 28.3 Å². The molecular weight excluding hydrogens is 392 g/mol. The Labute approximate surface area is 183 Å². The fourth-order valence-corrected chi connectivity index (χ4v) is 3.28. The fraction of sp³-hybridized carbons (Fsp3) is 0.261. The van der Waals surface area contributed by atoms with E-state index in [1.807, 2.05) is 7.05 Å². The number of anilines is 1. The molecule has 0 aromatic carbocycles. The van der Waals surface area contributed by atoms with Gasteiger partial charge >= 0.3 is 0 Å². The highest BCUT2D eigenvalue weighted by Crippen LogP contribution is 2.26. The molecule has 0 radical (unpaired) electrons. The molecule has 0 bridgehead atoms. The number of nitrogens with zero attached hydrogens (tertiary/aromatic N) is 4. The number of allylic oxidation sites excluding steroid dienone is 9. The lowest BCUT2D eigenvalue weighted by Crippen LogP contribution is -2.04.